The molecule has 2 heterocycles. The molecule has 2 fully saturated rings. The highest BCUT2D eigenvalue weighted by Crippen LogP contribution is 2.50. The van der Waals surface area contributed by atoms with E-state index in [1.165, 1.54) is 72.2 Å². The van der Waals surface area contributed by atoms with Gasteiger partial charge in [-0.2, -0.15) is 0 Å². The minimum absolute atomic E-state index is 0.127. The number of hydrogen-bond acceptors (Lipinski definition) is 2. The fourth-order valence-corrected chi connectivity index (χ4v) is 6.12. The Morgan fingerprint density at radius 3 is 2.90 bits per heavy atom. The van der Waals surface area contributed by atoms with Gasteiger partial charge in [-0.1, -0.05) is 23.8 Å². The van der Waals surface area contributed by atoms with Gasteiger partial charge in [-0.05, 0) is 92.8 Å². The Balaban J connectivity index is 1.45. The van der Waals surface area contributed by atoms with E-state index >= 15 is 0 Å². The van der Waals surface area contributed by atoms with E-state index in [2.05, 4.69) is 41.1 Å². The lowest BCUT2D eigenvalue weighted by molar-refractivity contribution is 0.0783. The van der Waals surface area contributed by atoms with Crippen molar-refractivity contribution in [3.05, 3.63) is 64.8 Å². The molecule has 0 amide bonds. The van der Waals surface area contributed by atoms with Crippen LogP contribution in [0, 0.1) is 18.8 Å². The maximum absolute atomic E-state index is 10.2. The third kappa shape index (κ3) is 2.90. The number of nitrogens with one attached hydrogen (secondary N) is 1. The lowest BCUT2D eigenvalue weighted by atomic mass is 9.58. The molecule has 6 rings (SSSR count). The van der Waals surface area contributed by atoms with Crippen LogP contribution in [0.15, 0.2) is 42.5 Å². The molecule has 0 spiro atoms. The van der Waals surface area contributed by atoms with Gasteiger partial charge in [0.05, 0.1) is 0 Å². The fourth-order valence-electron chi connectivity index (χ4n) is 6.12. The summed E-state index contributed by atoms with van der Waals surface area (Å²) in [6, 6.07) is 14.9. The van der Waals surface area contributed by atoms with E-state index in [-0.39, 0.29) is 5.41 Å². The summed E-state index contributed by atoms with van der Waals surface area (Å²) in [4.78, 5) is 6.49. The van der Waals surface area contributed by atoms with E-state index in [1.54, 1.807) is 6.07 Å². The number of aryl methyl sites for hydroxylation is 1. The molecular weight excluding hydrogens is 356 g/mol. The van der Waals surface area contributed by atoms with Crippen molar-refractivity contribution in [2.75, 3.05) is 19.6 Å². The van der Waals surface area contributed by atoms with E-state index in [0.717, 1.165) is 18.8 Å². The quantitative estimate of drug-likeness (QED) is 0.668. The second kappa shape index (κ2) is 6.37. The molecule has 3 nitrogen and oxygen atoms in total. The van der Waals surface area contributed by atoms with E-state index < -0.39 is 0 Å². The van der Waals surface area contributed by atoms with E-state index in [4.69, 9.17) is 0 Å². The number of phenols is 1. The Bertz CT molecular complexity index is 1080. The van der Waals surface area contributed by atoms with Gasteiger partial charge in [-0.15, -0.1) is 0 Å². The summed E-state index contributed by atoms with van der Waals surface area (Å²) in [7, 11) is 0. The molecule has 1 aliphatic heterocycles. The van der Waals surface area contributed by atoms with Gasteiger partial charge >= 0.3 is 0 Å². The molecule has 0 radical (unpaired) electrons. The van der Waals surface area contributed by atoms with Crippen molar-refractivity contribution in [2.45, 2.75) is 44.4 Å². The minimum atomic E-state index is 0.127. The molecule has 1 aromatic heterocycles. The molecule has 2 unspecified atom stereocenters. The fraction of sp³-hybridized carbons (Fsp3) is 0.462. The Morgan fingerprint density at radius 2 is 2.07 bits per heavy atom. The zero-order chi connectivity index (χ0) is 19.6. The Kier molecular flexibility index (Phi) is 3.86. The van der Waals surface area contributed by atoms with Crippen LogP contribution < -0.4 is 0 Å². The van der Waals surface area contributed by atoms with Crippen LogP contribution >= 0.6 is 0 Å². The molecule has 1 saturated carbocycles. The first-order valence-electron chi connectivity index (χ1n) is 11.2. The van der Waals surface area contributed by atoms with Crippen LogP contribution in [0.4, 0.5) is 0 Å². The molecule has 150 valence electrons. The molecule has 3 aromatic rings. The summed E-state index contributed by atoms with van der Waals surface area (Å²) >= 11 is 0. The highest BCUT2D eigenvalue weighted by molar-refractivity contribution is 5.86. The average molecular weight is 387 g/mol. The summed E-state index contributed by atoms with van der Waals surface area (Å²) in [6.07, 6.45) is 6.22. The van der Waals surface area contributed by atoms with Crippen LogP contribution in [0.3, 0.4) is 0 Å². The molecule has 2 N–H and O–H groups in total. The standard InChI is InChI=1S/C26H30N2O/c1-17-5-8-24-22(11-17)23-13-20-16-28(15-18-6-7-18)10-9-26(20,14-25(23)27-24)19-3-2-4-21(29)12-19/h2-5,8,11-12,18,20,27,29H,6-7,9-10,13-16H2,1H3. The predicted octanol–water partition coefficient (Wildman–Crippen LogP) is 4.95. The SMILES string of the molecule is Cc1ccc2[nH]c3c(c2c1)CC1CN(CC2CC2)CCC1(c1cccc(O)c1)C3. The molecule has 2 aliphatic carbocycles. The number of rotatable bonds is 3. The largest absolute Gasteiger partial charge is 0.508 e. The maximum Gasteiger partial charge on any atom is 0.115 e. The highest BCUT2D eigenvalue weighted by atomic mass is 16.3. The Labute approximate surface area is 172 Å². The number of hydrogen-bond donors (Lipinski definition) is 2. The number of aromatic hydroxyl groups is 1. The van der Waals surface area contributed by atoms with Gasteiger partial charge in [0.1, 0.15) is 5.75 Å². The van der Waals surface area contributed by atoms with Crippen molar-refractivity contribution >= 4 is 10.9 Å². The number of likely N-dealkylation sites (tertiary alicyclic amines) is 1. The van der Waals surface area contributed by atoms with Crippen molar-refractivity contribution in [1.29, 1.82) is 0 Å². The Hall–Kier alpha value is -2.26. The summed E-state index contributed by atoms with van der Waals surface area (Å²) < 4.78 is 0. The second-order valence-corrected chi connectivity index (χ2v) is 9.87. The van der Waals surface area contributed by atoms with Crippen molar-refractivity contribution in [3.63, 3.8) is 0 Å². The van der Waals surface area contributed by atoms with Gasteiger partial charge in [-0.25, -0.2) is 0 Å². The van der Waals surface area contributed by atoms with Gasteiger partial charge in [0.2, 0.25) is 0 Å². The topological polar surface area (TPSA) is 39.3 Å². The van der Waals surface area contributed by atoms with Crippen molar-refractivity contribution in [3.8, 4) is 5.75 Å². The molecule has 0 bridgehead atoms. The summed E-state index contributed by atoms with van der Waals surface area (Å²) in [5.41, 5.74) is 7.03. The molecule has 2 aromatic carbocycles. The van der Waals surface area contributed by atoms with Crippen LogP contribution in [0.2, 0.25) is 0 Å². The van der Waals surface area contributed by atoms with Crippen LogP contribution in [-0.4, -0.2) is 34.6 Å². The number of phenolic OH excluding ortho intramolecular Hbond substituents is 1. The number of H-pyrrole nitrogens is 1. The van der Waals surface area contributed by atoms with Crippen molar-refractivity contribution in [1.82, 2.24) is 9.88 Å². The molecule has 1 saturated heterocycles. The first kappa shape index (κ1) is 17.6. The Morgan fingerprint density at radius 1 is 1.17 bits per heavy atom. The second-order valence-electron chi connectivity index (χ2n) is 9.87. The lowest BCUT2D eigenvalue weighted by Gasteiger charge is -2.51. The van der Waals surface area contributed by atoms with Gasteiger partial charge in [0.25, 0.3) is 0 Å². The summed E-state index contributed by atoms with van der Waals surface area (Å²) in [6.45, 7) is 5.84. The normalized spacial score (nSPS) is 27.0. The smallest absolute Gasteiger partial charge is 0.115 e. The first-order valence-corrected chi connectivity index (χ1v) is 11.2. The van der Waals surface area contributed by atoms with Crippen LogP contribution in [0.1, 0.15) is 41.6 Å². The average Bonchev–Trinajstić information content (AvgIpc) is 3.46. The first-order chi connectivity index (χ1) is 14.1. The molecular formula is C26H30N2O. The van der Waals surface area contributed by atoms with Gasteiger partial charge in [0, 0.05) is 35.1 Å². The molecule has 3 heteroatoms. The van der Waals surface area contributed by atoms with Crippen LogP contribution in [0.25, 0.3) is 10.9 Å². The summed E-state index contributed by atoms with van der Waals surface area (Å²) in [5, 5.41) is 11.7. The van der Waals surface area contributed by atoms with Gasteiger partial charge in [0.15, 0.2) is 0 Å². The number of aromatic amines is 1. The number of nitrogens with zero attached hydrogens (tertiary/aromatic N) is 1. The lowest BCUT2D eigenvalue weighted by Crippen LogP contribution is -2.54. The monoisotopic (exact) mass is 386 g/mol. The zero-order valence-corrected chi connectivity index (χ0v) is 17.2. The predicted molar refractivity (Wildman–Crippen MR) is 117 cm³/mol. The molecule has 29 heavy (non-hydrogen) atoms. The number of fused-ring (bicyclic) bond motifs is 4. The third-order valence-corrected chi connectivity index (χ3v) is 7.86. The molecule has 2 atom stereocenters. The van der Waals surface area contributed by atoms with E-state index in [1.807, 2.05) is 12.1 Å². The van der Waals surface area contributed by atoms with Crippen molar-refractivity contribution < 1.29 is 5.11 Å². The van der Waals surface area contributed by atoms with Gasteiger partial charge < -0.3 is 15.0 Å². The minimum Gasteiger partial charge on any atom is -0.508 e. The van der Waals surface area contributed by atoms with Crippen molar-refractivity contribution in [2.24, 2.45) is 11.8 Å². The third-order valence-electron chi connectivity index (χ3n) is 7.86. The van der Waals surface area contributed by atoms with Crippen LogP contribution in [0.5, 0.6) is 5.75 Å². The molecule has 3 aliphatic rings. The van der Waals surface area contributed by atoms with Crippen LogP contribution in [-0.2, 0) is 18.3 Å². The number of piperidine rings is 1. The van der Waals surface area contributed by atoms with Gasteiger partial charge in [-0.3, -0.25) is 0 Å². The maximum atomic E-state index is 10.2. The zero-order valence-electron chi connectivity index (χ0n) is 17.2. The summed E-state index contributed by atoms with van der Waals surface area (Å²) in [5.74, 6) is 1.94. The van der Waals surface area contributed by atoms with E-state index in [0.29, 0.717) is 11.7 Å². The number of benzene rings is 2. The highest BCUT2D eigenvalue weighted by Gasteiger charge is 2.48. The number of aromatic nitrogens is 1. The van der Waals surface area contributed by atoms with E-state index in [9.17, 15) is 5.11 Å².